The number of para-hydroxylation sites is 1. The van der Waals surface area contributed by atoms with Crippen LogP contribution in [-0.4, -0.2) is 22.6 Å². The van der Waals surface area contributed by atoms with Crippen molar-refractivity contribution < 1.29 is 4.79 Å². The van der Waals surface area contributed by atoms with Crippen LogP contribution in [0.3, 0.4) is 0 Å². The number of nitrogens with zero attached hydrogens (tertiary/aromatic N) is 2. The molecule has 0 saturated carbocycles. The summed E-state index contributed by atoms with van der Waals surface area (Å²) in [5.74, 6) is 0.338. The molecule has 25 heavy (non-hydrogen) atoms. The van der Waals surface area contributed by atoms with Gasteiger partial charge in [-0.3, -0.25) is 4.79 Å². The van der Waals surface area contributed by atoms with Crippen molar-refractivity contribution in [3.63, 3.8) is 0 Å². The second-order valence-electron chi connectivity index (χ2n) is 6.02. The molecule has 0 unspecified atom stereocenters. The van der Waals surface area contributed by atoms with Crippen molar-refractivity contribution in [3.05, 3.63) is 58.8 Å². The van der Waals surface area contributed by atoms with Gasteiger partial charge in [0.2, 0.25) is 0 Å². The van der Waals surface area contributed by atoms with Crippen molar-refractivity contribution in [2.24, 2.45) is 0 Å². The van der Waals surface area contributed by atoms with Crippen LogP contribution in [0.25, 0.3) is 0 Å². The molecule has 0 bridgehead atoms. The van der Waals surface area contributed by atoms with Crippen LogP contribution < -0.4 is 10.6 Å². The molecule has 0 spiro atoms. The summed E-state index contributed by atoms with van der Waals surface area (Å²) in [7, 11) is 0. The molecule has 2 N–H and O–H groups in total. The Kier molecular flexibility index (Phi) is 6.01. The summed E-state index contributed by atoms with van der Waals surface area (Å²) in [4.78, 5) is 12.1. The van der Waals surface area contributed by atoms with Gasteiger partial charge >= 0.3 is 0 Å². The van der Waals surface area contributed by atoms with E-state index in [0.29, 0.717) is 23.1 Å². The number of nitrogens with one attached hydrogen (secondary N) is 2. The molecule has 1 heterocycles. The number of hydrogen-bond donors (Lipinski definition) is 2. The maximum absolute atomic E-state index is 12.1. The van der Waals surface area contributed by atoms with Gasteiger partial charge in [0, 0.05) is 6.54 Å². The van der Waals surface area contributed by atoms with Crippen LogP contribution in [0.5, 0.6) is 0 Å². The molecule has 0 aliphatic heterocycles. The fourth-order valence-electron chi connectivity index (χ4n) is 2.78. The largest absolute Gasteiger partial charge is 0.350 e. The van der Waals surface area contributed by atoms with Gasteiger partial charge in [-0.15, -0.1) is 10.2 Å². The number of benzene rings is 1. The van der Waals surface area contributed by atoms with E-state index in [0.717, 1.165) is 24.9 Å². The highest BCUT2D eigenvalue weighted by Crippen LogP contribution is 2.23. The molecule has 0 fully saturated rings. The first-order valence-corrected chi connectivity index (χ1v) is 8.91. The van der Waals surface area contributed by atoms with Crippen LogP contribution in [0.15, 0.2) is 48.0 Å². The van der Waals surface area contributed by atoms with Gasteiger partial charge in [-0.2, -0.15) is 0 Å². The van der Waals surface area contributed by atoms with E-state index >= 15 is 0 Å². The fraction of sp³-hybridized carbons (Fsp3) is 0.316. The quantitative estimate of drug-likeness (QED) is 0.748. The molecule has 1 aromatic heterocycles. The summed E-state index contributed by atoms with van der Waals surface area (Å²) in [5.41, 5.74) is 2.50. The van der Waals surface area contributed by atoms with E-state index in [9.17, 15) is 4.79 Å². The molecule has 1 aliphatic carbocycles. The van der Waals surface area contributed by atoms with Crippen LogP contribution >= 0.6 is 11.6 Å². The fourth-order valence-corrected chi connectivity index (χ4v) is 2.96. The predicted molar refractivity (Wildman–Crippen MR) is 100 cm³/mol. The topological polar surface area (TPSA) is 66.9 Å². The number of hydrogen-bond acceptors (Lipinski definition) is 4. The van der Waals surface area contributed by atoms with Crippen LogP contribution in [0.4, 0.5) is 11.5 Å². The highest BCUT2D eigenvalue weighted by atomic mass is 35.5. The maximum atomic E-state index is 12.1. The van der Waals surface area contributed by atoms with Gasteiger partial charge in [0.05, 0.1) is 10.7 Å². The predicted octanol–water partition coefficient (Wildman–Crippen LogP) is 4.49. The molecular formula is C19H21ClN4O. The van der Waals surface area contributed by atoms with Crippen molar-refractivity contribution in [2.75, 3.05) is 11.9 Å². The van der Waals surface area contributed by atoms with Crippen LogP contribution in [0.1, 0.15) is 42.6 Å². The minimum Gasteiger partial charge on any atom is -0.350 e. The molecule has 2 aromatic rings. The smallest absolute Gasteiger partial charge is 0.271 e. The second kappa shape index (κ2) is 8.62. The first kappa shape index (κ1) is 17.4. The average molecular weight is 357 g/mol. The molecule has 1 aromatic carbocycles. The lowest BCUT2D eigenvalue weighted by Gasteiger charge is -2.12. The molecule has 6 heteroatoms. The monoisotopic (exact) mass is 356 g/mol. The van der Waals surface area contributed by atoms with E-state index < -0.39 is 0 Å². The lowest BCUT2D eigenvalue weighted by molar-refractivity contribution is 0.0948. The number of carbonyl (C=O) groups excluding carboxylic acids is 1. The van der Waals surface area contributed by atoms with E-state index in [4.69, 9.17) is 11.6 Å². The number of rotatable bonds is 6. The van der Waals surface area contributed by atoms with Gasteiger partial charge < -0.3 is 10.6 Å². The number of amides is 1. The maximum Gasteiger partial charge on any atom is 0.271 e. The van der Waals surface area contributed by atoms with Gasteiger partial charge in [-0.05, 0) is 56.4 Å². The standard InChI is InChI=1S/C19H21ClN4O/c20-15-8-4-5-9-16(15)22-18-11-10-17(23-24-18)19(25)21-13-12-14-6-2-1-3-7-14/h4-6,8-11H,1-3,7,12-13H2,(H,21,25)(H,22,24). The molecule has 0 radical (unpaired) electrons. The van der Waals surface area contributed by atoms with E-state index in [1.54, 1.807) is 18.2 Å². The lowest BCUT2D eigenvalue weighted by atomic mass is 9.97. The summed E-state index contributed by atoms with van der Waals surface area (Å²) in [6, 6.07) is 10.8. The van der Waals surface area contributed by atoms with E-state index in [1.165, 1.54) is 18.4 Å². The number of aromatic nitrogens is 2. The third kappa shape index (κ3) is 5.03. The van der Waals surface area contributed by atoms with Crippen molar-refractivity contribution in [3.8, 4) is 0 Å². The molecule has 1 aliphatic rings. The van der Waals surface area contributed by atoms with E-state index in [1.807, 2.05) is 18.2 Å². The summed E-state index contributed by atoms with van der Waals surface area (Å²) < 4.78 is 0. The van der Waals surface area contributed by atoms with Crippen LogP contribution in [0, 0.1) is 0 Å². The summed E-state index contributed by atoms with van der Waals surface area (Å²) in [5, 5.41) is 14.6. The molecular weight excluding hydrogens is 336 g/mol. The zero-order chi connectivity index (χ0) is 17.5. The van der Waals surface area contributed by atoms with Gasteiger partial charge in [0.25, 0.3) is 5.91 Å². The summed E-state index contributed by atoms with van der Waals surface area (Å²) in [6.07, 6.45) is 8.05. The molecule has 130 valence electrons. The Hall–Kier alpha value is -2.40. The highest BCUT2D eigenvalue weighted by molar-refractivity contribution is 6.33. The van der Waals surface area contributed by atoms with E-state index in [-0.39, 0.29) is 5.91 Å². The van der Waals surface area contributed by atoms with Crippen molar-refractivity contribution in [1.29, 1.82) is 0 Å². The van der Waals surface area contributed by atoms with Crippen LogP contribution in [-0.2, 0) is 0 Å². The van der Waals surface area contributed by atoms with Gasteiger partial charge in [0.15, 0.2) is 11.5 Å². The lowest BCUT2D eigenvalue weighted by Crippen LogP contribution is -2.26. The van der Waals surface area contributed by atoms with Crippen molar-refractivity contribution >= 4 is 29.0 Å². The molecule has 1 amide bonds. The molecule has 5 nitrogen and oxygen atoms in total. The molecule has 3 rings (SSSR count). The van der Waals surface area contributed by atoms with Crippen molar-refractivity contribution in [1.82, 2.24) is 15.5 Å². The third-order valence-corrected chi connectivity index (χ3v) is 4.48. The number of allylic oxidation sites excluding steroid dienone is 1. The normalized spacial score (nSPS) is 13.9. The van der Waals surface area contributed by atoms with Crippen molar-refractivity contribution in [2.45, 2.75) is 32.1 Å². The Morgan fingerprint density at radius 2 is 2.00 bits per heavy atom. The second-order valence-corrected chi connectivity index (χ2v) is 6.43. The number of halogens is 1. The Labute approximate surface area is 152 Å². The Morgan fingerprint density at radius 3 is 2.72 bits per heavy atom. The van der Waals surface area contributed by atoms with Crippen LogP contribution in [0.2, 0.25) is 5.02 Å². The van der Waals surface area contributed by atoms with Gasteiger partial charge in [-0.1, -0.05) is 35.4 Å². The summed E-state index contributed by atoms with van der Waals surface area (Å²) in [6.45, 7) is 0.631. The summed E-state index contributed by atoms with van der Waals surface area (Å²) >= 11 is 6.10. The molecule has 0 saturated heterocycles. The van der Waals surface area contributed by atoms with Gasteiger partial charge in [0.1, 0.15) is 0 Å². The molecule has 0 atom stereocenters. The van der Waals surface area contributed by atoms with E-state index in [2.05, 4.69) is 26.9 Å². The Morgan fingerprint density at radius 1 is 1.12 bits per heavy atom. The Balaban J connectivity index is 1.52. The zero-order valence-corrected chi connectivity index (χ0v) is 14.7. The number of carbonyl (C=O) groups is 1. The highest BCUT2D eigenvalue weighted by Gasteiger charge is 2.09. The average Bonchev–Trinajstić information content (AvgIpc) is 2.65. The first-order chi connectivity index (χ1) is 12.2. The van der Waals surface area contributed by atoms with Gasteiger partial charge in [-0.25, -0.2) is 0 Å². The number of anilines is 2. The Bertz CT molecular complexity index is 758. The third-order valence-electron chi connectivity index (χ3n) is 4.15. The minimum absolute atomic E-state index is 0.201. The SMILES string of the molecule is O=C(NCCC1=CCCCC1)c1ccc(Nc2ccccc2Cl)nn1. The minimum atomic E-state index is -0.201. The first-order valence-electron chi connectivity index (χ1n) is 8.54. The zero-order valence-electron chi connectivity index (χ0n) is 14.0.